The Morgan fingerprint density at radius 2 is 1.96 bits per heavy atom. The molecule has 1 aromatic carbocycles. The van der Waals surface area contributed by atoms with Crippen LogP contribution in [-0.2, 0) is 0 Å². The lowest BCUT2D eigenvalue weighted by Gasteiger charge is -2.29. The first-order valence-corrected chi connectivity index (χ1v) is 8.68. The average molecular weight is 318 g/mol. The number of aryl methyl sites for hydroxylation is 1. The molecular weight excluding hydrogens is 288 g/mol. The van der Waals surface area contributed by atoms with Crippen molar-refractivity contribution in [3.63, 3.8) is 0 Å². The van der Waals surface area contributed by atoms with Gasteiger partial charge in [-0.25, -0.2) is 0 Å². The summed E-state index contributed by atoms with van der Waals surface area (Å²) in [4.78, 5) is 15.1. The van der Waals surface area contributed by atoms with E-state index in [1.807, 2.05) is 32.0 Å². The van der Waals surface area contributed by atoms with Gasteiger partial charge in [-0.2, -0.15) is 0 Å². The van der Waals surface area contributed by atoms with Gasteiger partial charge < -0.3 is 15.0 Å². The van der Waals surface area contributed by atoms with Crippen molar-refractivity contribution < 1.29 is 9.53 Å². The van der Waals surface area contributed by atoms with Gasteiger partial charge in [0.1, 0.15) is 5.75 Å². The zero-order valence-corrected chi connectivity index (χ0v) is 14.9. The summed E-state index contributed by atoms with van der Waals surface area (Å²) >= 11 is 0. The quantitative estimate of drug-likeness (QED) is 0.785. The van der Waals surface area contributed by atoms with Crippen molar-refractivity contribution in [3.8, 4) is 5.75 Å². The Balaban J connectivity index is 1.97. The second-order valence-electron chi connectivity index (χ2n) is 7.00. The van der Waals surface area contributed by atoms with Crippen LogP contribution in [0.4, 0.5) is 0 Å². The van der Waals surface area contributed by atoms with E-state index in [-0.39, 0.29) is 11.7 Å². The summed E-state index contributed by atoms with van der Waals surface area (Å²) in [6.07, 6.45) is 0. The fourth-order valence-corrected chi connectivity index (χ4v) is 2.89. The van der Waals surface area contributed by atoms with Gasteiger partial charge in [0.15, 0.2) is 5.78 Å². The van der Waals surface area contributed by atoms with Crippen molar-refractivity contribution in [1.29, 1.82) is 0 Å². The molecule has 1 heterocycles. The number of nitrogens with one attached hydrogen (secondary N) is 1. The first-order chi connectivity index (χ1) is 11.0. The van der Waals surface area contributed by atoms with Crippen molar-refractivity contribution in [1.82, 2.24) is 10.2 Å². The smallest absolute Gasteiger partial charge is 0.167 e. The Kier molecular flexibility index (Phi) is 6.60. The van der Waals surface area contributed by atoms with E-state index >= 15 is 0 Å². The normalized spacial score (nSPS) is 17.3. The number of carbonyl (C=O) groups excluding carboxylic acids is 1. The minimum atomic E-state index is 0.0224. The van der Waals surface area contributed by atoms with Crippen LogP contribution in [0.2, 0.25) is 0 Å². The zero-order chi connectivity index (χ0) is 16.8. The van der Waals surface area contributed by atoms with E-state index in [9.17, 15) is 4.79 Å². The fraction of sp³-hybridized carbons (Fsp3) is 0.632. The van der Waals surface area contributed by atoms with Gasteiger partial charge in [0.25, 0.3) is 0 Å². The molecule has 1 N–H and O–H groups in total. The van der Waals surface area contributed by atoms with Gasteiger partial charge in [-0.15, -0.1) is 0 Å². The maximum atomic E-state index is 12.7. The number of rotatable bonds is 7. The van der Waals surface area contributed by atoms with Gasteiger partial charge >= 0.3 is 0 Å². The second-order valence-corrected chi connectivity index (χ2v) is 7.00. The fourth-order valence-electron chi connectivity index (χ4n) is 2.89. The van der Waals surface area contributed by atoms with Crippen LogP contribution in [0.3, 0.4) is 0 Å². The highest BCUT2D eigenvalue weighted by Crippen LogP contribution is 2.21. The molecule has 1 aromatic rings. The van der Waals surface area contributed by atoms with Gasteiger partial charge in [0.05, 0.1) is 6.61 Å². The summed E-state index contributed by atoms with van der Waals surface area (Å²) in [5.74, 6) is 1.60. The van der Waals surface area contributed by atoms with E-state index in [2.05, 4.69) is 24.1 Å². The Morgan fingerprint density at radius 3 is 2.57 bits per heavy atom. The molecule has 4 heteroatoms. The molecule has 4 nitrogen and oxygen atoms in total. The molecule has 0 amide bonds. The van der Waals surface area contributed by atoms with Gasteiger partial charge in [-0.3, -0.25) is 4.79 Å². The third-order valence-corrected chi connectivity index (χ3v) is 4.24. The van der Waals surface area contributed by atoms with Gasteiger partial charge in [-0.05, 0) is 36.6 Å². The van der Waals surface area contributed by atoms with E-state index in [1.54, 1.807) is 0 Å². The first-order valence-electron chi connectivity index (χ1n) is 8.68. The summed E-state index contributed by atoms with van der Waals surface area (Å²) in [6.45, 7) is 13.9. The minimum absolute atomic E-state index is 0.0224. The van der Waals surface area contributed by atoms with Crippen molar-refractivity contribution in [2.75, 3.05) is 39.3 Å². The number of ketones is 1. The molecule has 0 aromatic heterocycles. The van der Waals surface area contributed by atoms with Gasteiger partial charge in [-0.1, -0.05) is 20.8 Å². The highest BCUT2D eigenvalue weighted by Gasteiger charge is 2.21. The lowest BCUT2D eigenvalue weighted by atomic mass is 9.95. The van der Waals surface area contributed by atoms with Crippen molar-refractivity contribution in [2.45, 2.75) is 27.7 Å². The molecule has 1 aliphatic rings. The molecule has 1 atom stereocenters. The molecule has 0 spiro atoms. The Bertz CT molecular complexity index is 522. The number of carbonyl (C=O) groups is 1. The average Bonchev–Trinajstić information content (AvgIpc) is 2.53. The molecule has 0 aliphatic carbocycles. The molecule has 128 valence electrons. The standard InChI is InChI=1S/C19H30N2O2/c1-14(2)13-23-17-5-6-18(15(3)11-17)19(22)16(4)12-21-9-7-20-8-10-21/h5-6,11,14,16,20H,7-10,12-13H2,1-4H3. The molecule has 1 unspecified atom stereocenters. The monoisotopic (exact) mass is 318 g/mol. The lowest BCUT2D eigenvalue weighted by molar-refractivity contribution is 0.0886. The van der Waals surface area contributed by atoms with Crippen molar-refractivity contribution in [2.24, 2.45) is 11.8 Å². The zero-order valence-electron chi connectivity index (χ0n) is 14.9. The predicted octanol–water partition coefficient (Wildman–Crippen LogP) is 2.75. The molecule has 0 bridgehead atoms. The molecule has 23 heavy (non-hydrogen) atoms. The molecule has 2 rings (SSSR count). The maximum absolute atomic E-state index is 12.7. The van der Waals surface area contributed by atoms with Crippen LogP contribution in [0.5, 0.6) is 5.75 Å². The van der Waals surface area contributed by atoms with Crippen LogP contribution < -0.4 is 10.1 Å². The summed E-state index contributed by atoms with van der Waals surface area (Å²) in [5, 5.41) is 3.34. The summed E-state index contributed by atoms with van der Waals surface area (Å²) in [5.41, 5.74) is 1.83. The number of nitrogens with zero attached hydrogens (tertiary/aromatic N) is 1. The second kappa shape index (κ2) is 8.46. The van der Waals surface area contributed by atoms with Crippen molar-refractivity contribution in [3.05, 3.63) is 29.3 Å². The van der Waals surface area contributed by atoms with E-state index in [1.165, 1.54) is 0 Å². The number of hydrogen-bond acceptors (Lipinski definition) is 4. The van der Waals surface area contributed by atoms with Crippen LogP contribution >= 0.6 is 0 Å². The molecular formula is C19H30N2O2. The highest BCUT2D eigenvalue weighted by atomic mass is 16.5. The summed E-state index contributed by atoms with van der Waals surface area (Å²) < 4.78 is 5.74. The highest BCUT2D eigenvalue weighted by molar-refractivity contribution is 5.99. The third kappa shape index (κ3) is 5.33. The number of Topliss-reactive ketones (excluding diaryl/α,β-unsaturated/α-hetero) is 1. The van der Waals surface area contributed by atoms with Crippen LogP contribution in [0.25, 0.3) is 0 Å². The molecule has 1 saturated heterocycles. The molecule has 0 saturated carbocycles. The SMILES string of the molecule is Cc1cc(OCC(C)C)ccc1C(=O)C(C)CN1CCNCC1. The number of ether oxygens (including phenoxy) is 1. The third-order valence-electron chi connectivity index (χ3n) is 4.24. The number of piperazine rings is 1. The van der Waals surface area contributed by atoms with Gasteiger partial charge in [0.2, 0.25) is 0 Å². The largest absolute Gasteiger partial charge is 0.493 e. The van der Waals surface area contributed by atoms with Gasteiger partial charge in [0, 0.05) is 44.2 Å². The topological polar surface area (TPSA) is 41.6 Å². The van der Waals surface area contributed by atoms with Crippen LogP contribution in [0.1, 0.15) is 36.7 Å². The minimum Gasteiger partial charge on any atom is -0.493 e. The Labute approximate surface area is 140 Å². The van der Waals surface area contributed by atoms with E-state index in [0.29, 0.717) is 12.5 Å². The molecule has 0 radical (unpaired) electrons. The summed E-state index contributed by atoms with van der Waals surface area (Å²) in [7, 11) is 0. The number of hydrogen-bond donors (Lipinski definition) is 1. The summed E-state index contributed by atoms with van der Waals surface area (Å²) in [6, 6.07) is 5.81. The lowest BCUT2D eigenvalue weighted by Crippen LogP contribution is -2.45. The van der Waals surface area contributed by atoms with Crippen LogP contribution in [0, 0.1) is 18.8 Å². The van der Waals surface area contributed by atoms with E-state index in [4.69, 9.17) is 4.74 Å². The predicted molar refractivity (Wildman–Crippen MR) is 94.3 cm³/mol. The number of benzene rings is 1. The molecule has 1 aliphatic heterocycles. The molecule has 1 fully saturated rings. The van der Waals surface area contributed by atoms with Crippen LogP contribution in [0.15, 0.2) is 18.2 Å². The van der Waals surface area contributed by atoms with Crippen molar-refractivity contribution >= 4 is 5.78 Å². The van der Waals surface area contributed by atoms with E-state index < -0.39 is 0 Å². The Hall–Kier alpha value is -1.39. The maximum Gasteiger partial charge on any atom is 0.167 e. The van der Waals surface area contributed by atoms with E-state index in [0.717, 1.165) is 49.6 Å². The Morgan fingerprint density at radius 1 is 1.26 bits per heavy atom. The van der Waals surface area contributed by atoms with Crippen LogP contribution in [-0.4, -0.2) is 50.0 Å². The first kappa shape index (κ1) is 18.0.